The molecule has 0 radical (unpaired) electrons. The normalized spacial score (nSPS) is 24.3. The van der Waals surface area contributed by atoms with Gasteiger partial charge in [-0.05, 0) is 38.0 Å². The van der Waals surface area contributed by atoms with Crippen LogP contribution in [0.25, 0.3) is 0 Å². The molecule has 1 aromatic rings. The Kier molecular flexibility index (Phi) is 5.13. The molecule has 3 atom stereocenters. The van der Waals surface area contributed by atoms with Crippen LogP contribution < -0.4 is 10.6 Å². The third-order valence-electron chi connectivity index (χ3n) is 3.76. The van der Waals surface area contributed by atoms with Crippen molar-refractivity contribution < 1.29 is 18.7 Å². The van der Waals surface area contributed by atoms with Crippen molar-refractivity contribution in [3.05, 3.63) is 35.6 Å². The Hall–Kier alpha value is -1.95. The fraction of sp³-hybridized carbons (Fsp3) is 0.500. The lowest BCUT2D eigenvalue weighted by molar-refractivity contribution is -0.142. The third kappa shape index (κ3) is 3.62. The van der Waals surface area contributed by atoms with E-state index in [0.717, 1.165) is 5.56 Å². The van der Waals surface area contributed by atoms with Crippen LogP contribution in [0.4, 0.5) is 4.39 Å². The summed E-state index contributed by atoms with van der Waals surface area (Å²) in [6.07, 6.45) is 0.354. The molecule has 0 unspecified atom stereocenters. The molecule has 120 valence electrons. The molecule has 0 saturated carbocycles. The van der Waals surface area contributed by atoms with Crippen LogP contribution in [0.15, 0.2) is 24.3 Å². The maximum Gasteiger partial charge on any atom is 0.322 e. The van der Waals surface area contributed by atoms with Crippen LogP contribution in [0, 0.1) is 11.7 Å². The first kappa shape index (κ1) is 16.4. The number of halogens is 1. The van der Waals surface area contributed by atoms with Gasteiger partial charge >= 0.3 is 5.97 Å². The average molecular weight is 308 g/mol. The lowest BCUT2D eigenvalue weighted by Gasteiger charge is -2.20. The molecule has 22 heavy (non-hydrogen) atoms. The zero-order valence-corrected chi connectivity index (χ0v) is 12.9. The van der Waals surface area contributed by atoms with E-state index in [-0.39, 0.29) is 23.8 Å². The first-order chi connectivity index (χ1) is 10.4. The van der Waals surface area contributed by atoms with Gasteiger partial charge in [0.2, 0.25) is 5.91 Å². The number of esters is 1. The van der Waals surface area contributed by atoms with Crippen LogP contribution in [0.5, 0.6) is 0 Å². The Balaban J connectivity index is 2.24. The van der Waals surface area contributed by atoms with Crippen LogP contribution in [0.3, 0.4) is 0 Å². The quantitative estimate of drug-likeness (QED) is 0.828. The van der Waals surface area contributed by atoms with Gasteiger partial charge in [-0.1, -0.05) is 12.1 Å². The molecule has 1 aliphatic heterocycles. The fourth-order valence-electron chi connectivity index (χ4n) is 2.75. The van der Waals surface area contributed by atoms with Crippen LogP contribution in [0.1, 0.15) is 31.9 Å². The van der Waals surface area contributed by atoms with Crippen molar-refractivity contribution in [1.82, 2.24) is 10.6 Å². The molecule has 0 aromatic heterocycles. The molecule has 0 bridgehead atoms. The first-order valence-corrected chi connectivity index (χ1v) is 7.32. The Morgan fingerprint density at radius 1 is 1.32 bits per heavy atom. The largest absolute Gasteiger partial charge is 0.468 e. The molecule has 2 rings (SSSR count). The standard InChI is InChI=1S/C16H21FN2O3/c1-9(2)18-15(20)12-8-13(16(21)22-3)19-14(12)10-4-6-11(17)7-5-10/h4-7,9,12-14,19H,8H2,1-3H3,(H,18,20)/t12-,13-,14-/m0/s1. The minimum absolute atomic E-state index is 0.0125. The summed E-state index contributed by atoms with van der Waals surface area (Å²) in [6, 6.07) is 5.08. The molecule has 0 spiro atoms. The number of ether oxygens (including phenoxy) is 1. The van der Waals surface area contributed by atoms with Crippen molar-refractivity contribution in [2.45, 2.75) is 38.4 Å². The van der Waals surface area contributed by atoms with Crippen molar-refractivity contribution in [2.24, 2.45) is 5.92 Å². The van der Waals surface area contributed by atoms with E-state index in [1.165, 1.54) is 19.2 Å². The average Bonchev–Trinajstić information content (AvgIpc) is 2.91. The summed E-state index contributed by atoms with van der Waals surface area (Å²) in [5, 5.41) is 5.99. The second-order valence-corrected chi connectivity index (χ2v) is 5.78. The van der Waals surface area contributed by atoms with E-state index >= 15 is 0 Å². The zero-order valence-electron chi connectivity index (χ0n) is 12.9. The van der Waals surface area contributed by atoms with E-state index < -0.39 is 17.9 Å². The minimum atomic E-state index is -0.539. The van der Waals surface area contributed by atoms with Crippen molar-refractivity contribution in [3.8, 4) is 0 Å². The summed E-state index contributed by atoms with van der Waals surface area (Å²) >= 11 is 0. The van der Waals surface area contributed by atoms with E-state index in [4.69, 9.17) is 4.74 Å². The Morgan fingerprint density at radius 3 is 2.50 bits per heavy atom. The summed E-state index contributed by atoms with van der Waals surface area (Å²) in [4.78, 5) is 24.1. The number of carbonyl (C=O) groups is 2. The van der Waals surface area contributed by atoms with E-state index in [2.05, 4.69) is 10.6 Å². The molecule has 5 nitrogen and oxygen atoms in total. The monoisotopic (exact) mass is 308 g/mol. The van der Waals surface area contributed by atoms with E-state index in [0.29, 0.717) is 6.42 Å². The minimum Gasteiger partial charge on any atom is -0.468 e. The van der Waals surface area contributed by atoms with Crippen molar-refractivity contribution in [3.63, 3.8) is 0 Å². The Labute approximate surface area is 129 Å². The van der Waals surface area contributed by atoms with Crippen LogP contribution in [0.2, 0.25) is 0 Å². The predicted molar refractivity (Wildman–Crippen MR) is 79.5 cm³/mol. The maximum absolute atomic E-state index is 13.1. The van der Waals surface area contributed by atoms with Gasteiger partial charge in [0.05, 0.1) is 13.0 Å². The maximum atomic E-state index is 13.1. The van der Waals surface area contributed by atoms with E-state index in [1.54, 1.807) is 12.1 Å². The molecule has 1 saturated heterocycles. The molecule has 1 heterocycles. The highest BCUT2D eigenvalue weighted by Gasteiger charge is 2.42. The number of carbonyl (C=O) groups excluding carboxylic acids is 2. The summed E-state index contributed by atoms with van der Waals surface area (Å²) in [5.41, 5.74) is 0.775. The summed E-state index contributed by atoms with van der Waals surface area (Å²) < 4.78 is 17.8. The van der Waals surface area contributed by atoms with Gasteiger partial charge in [0.25, 0.3) is 0 Å². The molecule has 1 aromatic carbocycles. The van der Waals surface area contributed by atoms with E-state index in [9.17, 15) is 14.0 Å². The van der Waals surface area contributed by atoms with Crippen molar-refractivity contribution in [2.75, 3.05) is 7.11 Å². The van der Waals surface area contributed by atoms with Crippen LogP contribution >= 0.6 is 0 Å². The highest BCUT2D eigenvalue weighted by atomic mass is 19.1. The van der Waals surface area contributed by atoms with Gasteiger partial charge in [-0.25, -0.2) is 4.39 Å². The molecular weight excluding hydrogens is 287 g/mol. The molecule has 1 aliphatic rings. The summed E-state index contributed by atoms with van der Waals surface area (Å²) in [5.74, 6) is -1.26. The fourth-order valence-corrected chi connectivity index (χ4v) is 2.75. The molecular formula is C16H21FN2O3. The van der Waals surface area contributed by atoms with Gasteiger partial charge in [-0.2, -0.15) is 0 Å². The second-order valence-electron chi connectivity index (χ2n) is 5.78. The van der Waals surface area contributed by atoms with Gasteiger partial charge < -0.3 is 10.1 Å². The molecule has 2 N–H and O–H groups in total. The Morgan fingerprint density at radius 2 is 1.95 bits per heavy atom. The predicted octanol–water partition coefficient (Wildman–Crippen LogP) is 1.54. The van der Waals surface area contributed by atoms with Crippen LogP contribution in [-0.4, -0.2) is 31.1 Å². The smallest absolute Gasteiger partial charge is 0.322 e. The molecule has 6 heteroatoms. The highest BCUT2D eigenvalue weighted by Crippen LogP contribution is 2.33. The molecule has 1 amide bonds. The van der Waals surface area contributed by atoms with Crippen molar-refractivity contribution >= 4 is 11.9 Å². The first-order valence-electron chi connectivity index (χ1n) is 7.32. The number of amides is 1. The molecule has 0 aliphatic carbocycles. The number of hydrogen-bond acceptors (Lipinski definition) is 4. The lowest BCUT2D eigenvalue weighted by atomic mass is 9.92. The highest BCUT2D eigenvalue weighted by molar-refractivity contribution is 5.83. The number of nitrogens with one attached hydrogen (secondary N) is 2. The zero-order chi connectivity index (χ0) is 16.3. The number of hydrogen-bond donors (Lipinski definition) is 2. The SMILES string of the molecule is COC(=O)[C@@H]1C[C@H](C(=O)NC(C)C)[C@H](c2ccc(F)cc2)N1. The van der Waals surface area contributed by atoms with Gasteiger partial charge in [0.15, 0.2) is 0 Å². The van der Waals surface area contributed by atoms with Crippen molar-refractivity contribution in [1.29, 1.82) is 0 Å². The van der Waals surface area contributed by atoms with Gasteiger partial charge in [0.1, 0.15) is 11.9 Å². The van der Waals surface area contributed by atoms with Gasteiger partial charge in [-0.15, -0.1) is 0 Å². The Bertz CT molecular complexity index is 545. The second kappa shape index (κ2) is 6.87. The summed E-state index contributed by atoms with van der Waals surface area (Å²) in [6.45, 7) is 3.76. The topological polar surface area (TPSA) is 67.4 Å². The number of methoxy groups -OCH3 is 1. The third-order valence-corrected chi connectivity index (χ3v) is 3.76. The molecule has 1 fully saturated rings. The lowest BCUT2D eigenvalue weighted by Crippen LogP contribution is -2.37. The van der Waals surface area contributed by atoms with E-state index in [1.807, 2.05) is 13.8 Å². The van der Waals surface area contributed by atoms with Gasteiger partial charge in [-0.3, -0.25) is 14.9 Å². The van der Waals surface area contributed by atoms with Crippen LogP contribution in [-0.2, 0) is 14.3 Å². The van der Waals surface area contributed by atoms with Gasteiger partial charge in [0, 0.05) is 12.1 Å². The number of rotatable bonds is 4. The number of benzene rings is 1. The summed E-state index contributed by atoms with van der Waals surface area (Å²) in [7, 11) is 1.32.